The normalized spacial score (nSPS) is 23.7. The number of hydrogen-bond donors (Lipinski definition) is 1. The average molecular weight is 638 g/mol. The summed E-state index contributed by atoms with van der Waals surface area (Å²) in [5.74, 6) is 0. The lowest BCUT2D eigenvalue weighted by molar-refractivity contribution is -0.258. The molecule has 0 bridgehead atoms. The van der Waals surface area contributed by atoms with Crippen molar-refractivity contribution in [1.82, 2.24) is 8.61 Å². The first kappa shape index (κ1) is 32.0. The number of hydrogen-bond acceptors (Lipinski definition) is 8. The fraction of sp³-hybridized carbons (Fsp3) is 0.577. The molecule has 1 unspecified atom stereocenters. The van der Waals surface area contributed by atoms with Crippen molar-refractivity contribution in [3.63, 3.8) is 0 Å². The second-order valence-electron chi connectivity index (χ2n) is 11.3. The van der Waals surface area contributed by atoms with Gasteiger partial charge < -0.3 is 14.7 Å². The number of aliphatic hydroxyl groups is 1. The van der Waals surface area contributed by atoms with Gasteiger partial charge >= 0.3 is 6.18 Å². The van der Waals surface area contributed by atoms with Crippen LogP contribution in [0.5, 0.6) is 0 Å². The zero-order valence-corrected chi connectivity index (χ0v) is 25.4. The Labute approximate surface area is 244 Å². The van der Waals surface area contributed by atoms with Crippen LogP contribution in [0, 0.1) is 5.41 Å². The molecule has 2 saturated heterocycles. The van der Waals surface area contributed by atoms with Crippen LogP contribution < -0.4 is 4.90 Å². The molecule has 2 aliphatic heterocycles. The molecule has 2 heterocycles. The summed E-state index contributed by atoms with van der Waals surface area (Å²) in [6.07, 6.45) is 1.35. The molecule has 1 aromatic rings. The van der Waals surface area contributed by atoms with Crippen molar-refractivity contribution in [2.75, 3.05) is 57.1 Å². The molecule has 0 radical (unpaired) electrons. The Morgan fingerprint density at radius 3 is 2.29 bits per heavy atom. The third-order valence-corrected chi connectivity index (χ3v) is 11.4. The summed E-state index contributed by atoms with van der Waals surface area (Å²) in [5.41, 5.74) is -3.35. The SMILES string of the molecule is CC1(CN(C[C@H]2CN(S(=O)(=O)C3=CC=CCC3=S)CCN2c2ccc(C(C)(O)C(F)(F)F)cc2)S(C)(=O)=O)COC1. The first-order valence-electron chi connectivity index (χ1n) is 12.9. The average Bonchev–Trinajstić information content (AvgIpc) is 2.86. The van der Waals surface area contributed by atoms with E-state index in [1.54, 1.807) is 17.1 Å². The number of sulfonamides is 2. The number of benzene rings is 1. The summed E-state index contributed by atoms with van der Waals surface area (Å²) in [4.78, 5) is 2.11. The quantitative estimate of drug-likeness (QED) is 0.412. The van der Waals surface area contributed by atoms with Crippen molar-refractivity contribution in [3.05, 3.63) is 53.0 Å². The predicted octanol–water partition coefficient (Wildman–Crippen LogP) is 2.79. The van der Waals surface area contributed by atoms with Crippen molar-refractivity contribution >= 4 is 42.8 Å². The van der Waals surface area contributed by atoms with Gasteiger partial charge in [-0.1, -0.05) is 43.4 Å². The molecule has 15 heteroatoms. The van der Waals surface area contributed by atoms with Crippen LogP contribution in [0.25, 0.3) is 0 Å². The Kier molecular flexibility index (Phi) is 8.85. The number of nitrogens with zero attached hydrogens (tertiary/aromatic N) is 3. The van der Waals surface area contributed by atoms with E-state index < -0.39 is 43.3 Å². The Morgan fingerprint density at radius 1 is 1.15 bits per heavy atom. The molecule has 0 spiro atoms. The third-order valence-electron chi connectivity index (χ3n) is 7.68. The second kappa shape index (κ2) is 11.3. The molecule has 2 atom stereocenters. The number of thiocarbonyl (C=S) groups is 1. The fourth-order valence-electron chi connectivity index (χ4n) is 5.10. The van der Waals surface area contributed by atoms with Gasteiger partial charge in [-0.05, 0) is 30.7 Å². The van der Waals surface area contributed by atoms with Crippen LogP contribution >= 0.6 is 12.2 Å². The highest BCUT2D eigenvalue weighted by molar-refractivity contribution is 7.96. The van der Waals surface area contributed by atoms with Crippen LogP contribution in [0.1, 0.15) is 25.8 Å². The minimum absolute atomic E-state index is 0.0278. The summed E-state index contributed by atoms with van der Waals surface area (Å²) in [6.45, 7) is 3.56. The van der Waals surface area contributed by atoms with Gasteiger partial charge in [0.05, 0.1) is 30.4 Å². The van der Waals surface area contributed by atoms with E-state index in [-0.39, 0.29) is 48.1 Å². The maximum Gasteiger partial charge on any atom is 0.421 e. The third kappa shape index (κ3) is 6.71. The molecule has 1 aromatic carbocycles. The standard InChI is InChI=1S/C26H34F3N3O6S3/c1-24(17-38-18-24)16-31(40(3,34)35)15-21-14-30(41(36,37)23-7-5-4-6-22(23)39)12-13-32(21)20-10-8-19(9-11-20)25(2,33)26(27,28)29/h4-5,7-11,21,33H,6,12-18H2,1-3H3/t21-,25?/m1/s1. The van der Waals surface area contributed by atoms with E-state index in [1.165, 1.54) is 39.0 Å². The zero-order chi connectivity index (χ0) is 30.4. The van der Waals surface area contributed by atoms with Gasteiger partial charge in [0.15, 0.2) is 5.60 Å². The minimum atomic E-state index is -4.89. The van der Waals surface area contributed by atoms with Gasteiger partial charge in [-0.15, -0.1) is 0 Å². The molecule has 4 rings (SSSR count). The van der Waals surface area contributed by atoms with Crippen molar-refractivity contribution in [2.24, 2.45) is 5.41 Å². The fourth-order valence-corrected chi connectivity index (χ4v) is 8.15. The van der Waals surface area contributed by atoms with Gasteiger partial charge in [0.2, 0.25) is 20.0 Å². The van der Waals surface area contributed by atoms with Crippen molar-refractivity contribution in [2.45, 2.75) is 38.1 Å². The number of halogens is 3. The molecule has 2 fully saturated rings. The molecule has 1 aliphatic carbocycles. The molecule has 0 saturated carbocycles. The van der Waals surface area contributed by atoms with Crippen molar-refractivity contribution in [1.29, 1.82) is 0 Å². The van der Waals surface area contributed by atoms with E-state index >= 15 is 0 Å². The smallest absolute Gasteiger partial charge is 0.380 e. The van der Waals surface area contributed by atoms with E-state index in [1.807, 2.05) is 6.92 Å². The van der Waals surface area contributed by atoms with Crippen LogP contribution in [-0.4, -0.2) is 99.8 Å². The second-order valence-corrected chi connectivity index (χ2v) is 15.7. The van der Waals surface area contributed by atoms with Crippen LogP contribution in [0.15, 0.2) is 47.4 Å². The lowest BCUT2D eigenvalue weighted by Gasteiger charge is -2.46. The topological polar surface area (TPSA) is 107 Å². The van der Waals surface area contributed by atoms with Crippen LogP contribution in [0.4, 0.5) is 18.9 Å². The molecule has 9 nitrogen and oxygen atoms in total. The number of ether oxygens (including phenoxy) is 1. The van der Waals surface area contributed by atoms with Crippen LogP contribution in [0.2, 0.25) is 0 Å². The number of piperazine rings is 1. The summed E-state index contributed by atoms with van der Waals surface area (Å²) < 4.78 is 101. The van der Waals surface area contributed by atoms with E-state index in [2.05, 4.69) is 0 Å². The van der Waals surface area contributed by atoms with E-state index in [0.29, 0.717) is 32.2 Å². The van der Waals surface area contributed by atoms with Gasteiger partial charge in [-0.2, -0.15) is 21.8 Å². The van der Waals surface area contributed by atoms with E-state index in [9.17, 15) is 35.1 Å². The first-order chi connectivity index (χ1) is 18.8. The molecular formula is C26H34F3N3O6S3. The zero-order valence-electron chi connectivity index (χ0n) is 23.0. The van der Waals surface area contributed by atoms with Gasteiger partial charge in [-0.25, -0.2) is 16.8 Å². The van der Waals surface area contributed by atoms with Crippen LogP contribution in [-0.2, 0) is 30.4 Å². The lowest BCUT2D eigenvalue weighted by Crippen LogP contribution is -2.60. The Bertz CT molecular complexity index is 1440. The van der Waals surface area contributed by atoms with Gasteiger partial charge in [0.1, 0.15) is 0 Å². The van der Waals surface area contributed by atoms with Gasteiger partial charge in [0, 0.05) is 55.1 Å². The van der Waals surface area contributed by atoms with Gasteiger partial charge in [-0.3, -0.25) is 0 Å². The molecule has 0 amide bonds. The van der Waals surface area contributed by atoms with Crippen LogP contribution in [0.3, 0.4) is 0 Å². The van der Waals surface area contributed by atoms with Crippen molar-refractivity contribution < 1.29 is 39.9 Å². The number of anilines is 1. The predicted molar refractivity (Wildman–Crippen MR) is 153 cm³/mol. The van der Waals surface area contributed by atoms with E-state index in [4.69, 9.17) is 17.0 Å². The highest BCUT2D eigenvalue weighted by Crippen LogP contribution is 2.39. The monoisotopic (exact) mass is 637 g/mol. The van der Waals surface area contributed by atoms with E-state index in [0.717, 1.165) is 6.26 Å². The summed E-state index contributed by atoms with van der Waals surface area (Å²) >= 11 is 5.30. The summed E-state index contributed by atoms with van der Waals surface area (Å²) in [5, 5.41) is 10.1. The maximum atomic E-state index is 13.6. The number of alkyl halides is 3. The first-order valence-corrected chi connectivity index (χ1v) is 16.6. The highest BCUT2D eigenvalue weighted by atomic mass is 32.2. The minimum Gasteiger partial charge on any atom is -0.380 e. The molecule has 41 heavy (non-hydrogen) atoms. The highest BCUT2D eigenvalue weighted by Gasteiger charge is 2.51. The maximum absolute atomic E-state index is 13.6. The molecule has 0 aromatic heterocycles. The summed E-state index contributed by atoms with van der Waals surface area (Å²) in [7, 11) is -7.71. The van der Waals surface area contributed by atoms with Gasteiger partial charge in [0.25, 0.3) is 0 Å². The Hall–Kier alpha value is -1.88. The number of allylic oxidation sites excluding steroid dienone is 4. The number of rotatable bonds is 9. The molecule has 3 aliphatic rings. The molecule has 1 N–H and O–H groups in total. The van der Waals surface area contributed by atoms with Crippen molar-refractivity contribution in [3.8, 4) is 0 Å². The Morgan fingerprint density at radius 2 is 1.78 bits per heavy atom. The lowest BCUT2D eigenvalue weighted by atomic mass is 9.88. The largest absolute Gasteiger partial charge is 0.421 e. The summed E-state index contributed by atoms with van der Waals surface area (Å²) in [6, 6.07) is 4.49. The molecular weight excluding hydrogens is 603 g/mol. The Balaban J connectivity index is 1.67. The molecule has 228 valence electrons.